The van der Waals surface area contributed by atoms with E-state index in [9.17, 15) is 16.8 Å². The van der Waals surface area contributed by atoms with Gasteiger partial charge in [0.05, 0.1) is 0 Å². The summed E-state index contributed by atoms with van der Waals surface area (Å²) >= 11 is 6.43. The summed E-state index contributed by atoms with van der Waals surface area (Å²) in [5, 5.41) is 0. The largest absolute Gasteiger partial charge is 0.379 e. The van der Waals surface area contributed by atoms with Gasteiger partial charge < -0.3 is 4.18 Å². The summed E-state index contributed by atoms with van der Waals surface area (Å²) < 4.78 is 62.3. The molecule has 0 unspecified atom stereocenters. The van der Waals surface area contributed by atoms with Crippen LogP contribution >= 0.6 is 31.9 Å². The molecule has 0 aliphatic carbocycles. The summed E-state index contributed by atoms with van der Waals surface area (Å²) in [5.74, 6) is -0.0137. The van der Waals surface area contributed by atoms with Crippen LogP contribution in [0.25, 0.3) is 0 Å². The maximum Gasteiger partial charge on any atom is 0.340 e. The van der Waals surface area contributed by atoms with Crippen LogP contribution in [0.2, 0.25) is 0 Å². The van der Waals surface area contributed by atoms with Gasteiger partial charge >= 0.3 is 10.1 Å². The smallest absolute Gasteiger partial charge is 0.340 e. The van der Waals surface area contributed by atoms with Gasteiger partial charge in [0.2, 0.25) is 0 Å². The fraction of sp³-hybridized carbons (Fsp3) is 0. The monoisotopic (exact) mass is 470 g/mol. The first-order valence-corrected chi connectivity index (χ1v) is 10.0. The van der Waals surface area contributed by atoms with Crippen LogP contribution in [0.3, 0.4) is 0 Å². The highest BCUT2D eigenvalue weighted by molar-refractivity contribution is 9.13. The molecule has 0 saturated heterocycles. The molecule has 1 N–H and O–H groups in total. The molecule has 0 atom stereocenters. The minimum Gasteiger partial charge on any atom is -0.379 e. The second-order valence-electron chi connectivity index (χ2n) is 4.04. The standard InChI is InChI=1S/C12H8Br2O6S2/c13-9-6-5-8(7-10(9)14)20-22(18,19)12-4-2-1-3-11(12)21(15,16)17/h1-7H,(H,15,16,17). The molecule has 2 aromatic carbocycles. The zero-order chi connectivity index (χ0) is 16.5. The Morgan fingerprint density at radius 3 is 2.00 bits per heavy atom. The molecule has 6 nitrogen and oxygen atoms in total. The molecule has 10 heteroatoms. The number of halogens is 2. The van der Waals surface area contributed by atoms with Crippen molar-refractivity contribution < 1.29 is 25.6 Å². The van der Waals surface area contributed by atoms with Crippen LogP contribution < -0.4 is 4.18 Å². The van der Waals surface area contributed by atoms with E-state index in [0.29, 0.717) is 8.95 Å². The topological polar surface area (TPSA) is 97.7 Å². The molecule has 0 bridgehead atoms. The molecule has 0 aliphatic heterocycles. The van der Waals surface area contributed by atoms with Gasteiger partial charge in [-0.2, -0.15) is 16.8 Å². The molecule has 22 heavy (non-hydrogen) atoms. The molecule has 0 heterocycles. The molecule has 0 aliphatic rings. The number of hydrogen-bond donors (Lipinski definition) is 1. The highest BCUT2D eigenvalue weighted by Gasteiger charge is 2.26. The second kappa shape index (κ2) is 6.28. The van der Waals surface area contributed by atoms with E-state index >= 15 is 0 Å². The van der Waals surface area contributed by atoms with Gasteiger partial charge in [0.25, 0.3) is 10.1 Å². The number of benzene rings is 2. The lowest BCUT2D eigenvalue weighted by Crippen LogP contribution is -2.14. The van der Waals surface area contributed by atoms with Crippen LogP contribution in [0.4, 0.5) is 0 Å². The molecule has 0 radical (unpaired) electrons. The Bertz CT molecular complexity index is 922. The van der Waals surface area contributed by atoms with Gasteiger partial charge in [0.1, 0.15) is 15.5 Å². The first-order valence-electron chi connectivity index (χ1n) is 5.57. The molecule has 0 aromatic heterocycles. The quantitative estimate of drug-likeness (QED) is 0.543. The Kier molecular flexibility index (Phi) is 4.97. The third-order valence-electron chi connectivity index (χ3n) is 2.49. The van der Waals surface area contributed by atoms with E-state index in [2.05, 4.69) is 31.9 Å². The summed E-state index contributed by atoms with van der Waals surface area (Å²) in [6.45, 7) is 0. The van der Waals surface area contributed by atoms with Crippen molar-refractivity contribution in [3.63, 3.8) is 0 Å². The predicted molar refractivity (Wildman–Crippen MR) is 85.9 cm³/mol. The average Bonchev–Trinajstić information content (AvgIpc) is 2.42. The zero-order valence-electron chi connectivity index (χ0n) is 10.6. The molecule has 0 spiro atoms. The lowest BCUT2D eigenvalue weighted by Gasteiger charge is -2.10. The van der Waals surface area contributed by atoms with Crippen molar-refractivity contribution in [1.82, 2.24) is 0 Å². The summed E-state index contributed by atoms with van der Waals surface area (Å²) in [5.41, 5.74) is 0. The van der Waals surface area contributed by atoms with E-state index in [0.717, 1.165) is 12.1 Å². The van der Waals surface area contributed by atoms with Crippen LogP contribution in [0.1, 0.15) is 0 Å². The Morgan fingerprint density at radius 2 is 1.45 bits per heavy atom. The summed E-state index contributed by atoms with van der Waals surface area (Å²) in [4.78, 5) is -1.39. The lowest BCUT2D eigenvalue weighted by atomic mass is 10.3. The molecular formula is C12H8Br2O6S2. The third-order valence-corrected chi connectivity index (χ3v) is 6.72. The Labute approximate surface area is 144 Å². The second-order valence-corrected chi connectivity index (χ2v) is 8.65. The van der Waals surface area contributed by atoms with Crippen molar-refractivity contribution in [2.24, 2.45) is 0 Å². The van der Waals surface area contributed by atoms with E-state index in [4.69, 9.17) is 8.74 Å². The minimum absolute atomic E-state index is 0.0137. The lowest BCUT2D eigenvalue weighted by molar-refractivity contribution is 0.468. The van der Waals surface area contributed by atoms with Crippen molar-refractivity contribution in [1.29, 1.82) is 0 Å². The normalized spacial score (nSPS) is 12.1. The van der Waals surface area contributed by atoms with Crippen molar-refractivity contribution in [3.05, 3.63) is 51.4 Å². The Balaban J connectivity index is 2.50. The fourth-order valence-corrected chi connectivity index (χ4v) is 4.38. The maximum absolute atomic E-state index is 12.2. The highest BCUT2D eigenvalue weighted by Crippen LogP contribution is 2.30. The van der Waals surface area contributed by atoms with Crippen molar-refractivity contribution in [2.45, 2.75) is 9.79 Å². The molecule has 0 amide bonds. The van der Waals surface area contributed by atoms with E-state index in [-0.39, 0.29) is 5.75 Å². The van der Waals surface area contributed by atoms with Crippen LogP contribution in [0.15, 0.2) is 61.2 Å². The number of hydrogen-bond acceptors (Lipinski definition) is 5. The Hall–Kier alpha value is -0.940. The van der Waals surface area contributed by atoms with Crippen LogP contribution in [-0.4, -0.2) is 21.4 Å². The molecule has 118 valence electrons. The Morgan fingerprint density at radius 1 is 0.864 bits per heavy atom. The van der Waals surface area contributed by atoms with Crippen molar-refractivity contribution in [3.8, 4) is 5.75 Å². The van der Waals surface area contributed by atoms with Gasteiger partial charge in [-0.15, -0.1) is 0 Å². The first-order chi connectivity index (χ1) is 10.1. The van der Waals surface area contributed by atoms with Crippen molar-refractivity contribution >= 4 is 52.1 Å². The SMILES string of the molecule is O=S(=O)(O)c1ccccc1S(=O)(=O)Oc1ccc(Br)c(Br)c1. The van der Waals surface area contributed by atoms with E-state index < -0.39 is 30.0 Å². The van der Waals surface area contributed by atoms with Gasteiger partial charge in [0.15, 0.2) is 0 Å². The predicted octanol–water partition coefficient (Wildman–Crippen LogP) is 3.23. The highest BCUT2D eigenvalue weighted by atomic mass is 79.9. The third kappa shape index (κ3) is 3.87. The van der Waals surface area contributed by atoms with Gasteiger partial charge in [-0.1, -0.05) is 12.1 Å². The van der Waals surface area contributed by atoms with Crippen molar-refractivity contribution in [2.75, 3.05) is 0 Å². The minimum atomic E-state index is -4.70. The fourth-order valence-electron chi connectivity index (χ4n) is 1.57. The van der Waals surface area contributed by atoms with Gasteiger partial charge in [-0.25, -0.2) is 0 Å². The molecule has 2 rings (SSSR count). The van der Waals surface area contributed by atoms with Gasteiger partial charge in [-0.3, -0.25) is 4.55 Å². The average molecular weight is 472 g/mol. The van der Waals surface area contributed by atoms with Crippen LogP contribution in [-0.2, 0) is 20.2 Å². The maximum atomic E-state index is 12.2. The molecule has 0 saturated carbocycles. The van der Waals surface area contributed by atoms with E-state index in [1.807, 2.05) is 0 Å². The molecular weight excluding hydrogens is 464 g/mol. The summed E-state index contributed by atoms with van der Waals surface area (Å²) in [7, 11) is -9.13. The number of rotatable bonds is 4. The van der Waals surface area contributed by atoms with Crippen LogP contribution in [0.5, 0.6) is 5.75 Å². The zero-order valence-corrected chi connectivity index (χ0v) is 15.4. The van der Waals surface area contributed by atoms with Gasteiger partial charge in [0, 0.05) is 8.95 Å². The summed E-state index contributed by atoms with van der Waals surface area (Å²) in [6.07, 6.45) is 0. The molecule has 2 aromatic rings. The first kappa shape index (κ1) is 17.4. The van der Waals surface area contributed by atoms with Crippen LogP contribution in [0, 0.1) is 0 Å². The summed E-state index contributed by atoms with van der Waals surface area (Å²) in [6, 6.07) is 8.97. The van der Waals surface area contributed by atoms with E-state index in [1.54, 1.807) is 6.07 Å². The van der Waals surface area contributed by atoms with E-state index in [1.165, 1.54) is 24.3 Å². The molecule has 0 fully saturated rings. The van der Waals surface area contributed by atoms with Gasteiger partial charge in [-0.05, 0) is 62.2 Å².